The van der Waals surface area contributed by atoms with Gasteiger partial charge in [-0.05, 0) is 24.2 Å². The van der Waals surface area contributed by atoms with Gasteiger partial charge in [-0.1, -0.05) is 19.1 Å². The number of halogens is 2. The number of ether oxygens (including phenoxy) is 1. The Morgan fingerprint density at radius 1 is 1.47 bits per heavy atom. The van der Waals surface area contributed by atoms with Crippen LogP contribution in [0.4, 0.5) is 8.78 Å². The molecule has 4 heteroatoms. The van der Waals surface area contributed by atoms with Crippen molar-refractivity contribution in [2.45, 2.75) is 26.0 Å². The number of nitrogens with one attached hydrogen (secondary N) is 1. The number of terminal acetylenes is 1. The number of hydrogen-bond donors (Lipinski definition) is 1. The maximum absolute atomic E-state index is 12.1. The first kappa shape index (κ1) is 13.5. The summed E-state index contributed by atoms with van der Waals surface area (Å²) in [5.41, 5.74) is 0.850. The minimum Gasteiger partial charge on any atom is -0.435 e. The van der Waals surface area contributed by atoms with E-state index in [4.69, 9.17) is 6.42 Å². The maximum Gasteiger partial charge on any atom is 0.387 e. The van der Waals surface area contributed by atoms with Crippen LogP contribution in [0, 0.1) is 12.3 Å². The molecule has 0 heterocycles. The topological polar surface area (TPSA) is 21.3 Å². The summed E-state index contributed by atoms with van der Waals surface area (Å²) in [6, 6.07) is 6.55. The molecule has 17 heavy (non-hydrogen) atoms. The molecule has 1 aromatic carbocycles. The van der Waals surface area contributed by atoms with Crippen molar-refractivity contribution < 1.29 is 13.5 Å². The highest BCUT2D eigenvalue weighted by atomic mass is 19.3. The van der Waals surface area contributed by atoms with Crippen LogP contribution in [0.1, 0.15) is 24.9 Å². The fourth-order valence-corrected chi connectivity index (χ4v) is 1.58. The highest BCUT2D eigenvalue weighted by molar-refractivity contribution is 5.31. The number of hydrogen-bond acceptors (Lipinski definition) is 2. The van der Waals surface area contributed by atoms with E-state index in [2.05, 4.69) is 16.0 Å². The minimum absolute atomic E-state index is 0.0359. The van der Waals surface area contributed by atoms with Gasteiger partial charge >= 0.3 is 6.61 Å². The van der Waals surface area contributed by atoms with Crippen molar-refractivity contribution in [1.82, 2.24) is 5.32 Å². The summed E-state index contributed by atoms with van der Waals surface area (Å²) in [7, 11) is 0. The van der Waals surface area contributed by atoms with E-state index in [-0.39, 0.29) is 11.8 Å². The molecule has 1 N–H and O–H groups in total. The van der Waals surface area contributed by atoms with E-state index in [0.29, 0.717) is 6.42 Å². The summed E-state index contributed by atoms with van der Waals surface area (Å²) in [6.45, 7) is -0.0922. The van der Waals surface area contributed by atoms with E-state index >= 15 is 0 Å². The molecular weight excluding hydrogens is 224 g/mol. The van der Waals surface area contributed by atoms with Gasteiger partial charge in [-0.25, -0.2) is 0 Å². The molecule has 0 bridgehead atoms. The molecule has 0 amide bonds. The van der Waals surface area contributed by atoms with Crippen molar-refractivity contribution >= 4 is 0 Å². The highest BCUT2D eigenvalue weighted by Crippen LogP contribution is 2.22. The van der Waals surface area contributed by atoms with E-state index in [1.807, 2.05) is 13.0 Å². The molecule has 0 fully saturated rings. The van der Waals surface area contributed by atoms with Gasteiger partial charge in [0.05, 0.1) is 0 Å². The van der Waals surface area contributed by atoms with Gasteiger partial charge in [0.25, 0.3) is 0 Å². The molecule has 1 unspecified atom stereocenters. The lowest BCUT2D eigenvalue weighted by Crippen LogP contribution is -2.20. The molecule has 0 radical (unpaired) electrons. The van der Waals surface area contributed by atoms with Gasteiger partial charge < -0.3 is 10.1 Å². The fourth-order valence-electron chi connectivity index (χ4n) is 1.58. The van der Waals surface area contributed by atoms with Crippen LogP contribution in [0.25, 0.3) is 0 Å². The molecule has 0 aromatic heterocycles. The van der Waals surface area contributed by atoms with Gasteiger partial charge in [0.2, 0.25) is 0 Å². The Morgan fingerprint density at radius 2 is 2.24 bits per heavy atom. The van der Waals surface area contributed by atoms with Crippen LogP contribution in [0.2, 0.25) is 0 Å². The number of rotatable bonds is 6. The second kappa shape index (κ2) is 6.87. The molecule has 92 valence electrons. The smallest absolute Gasteiger partial charge is 0.387 e. The van der Waals surface area contributed by atoms with E-state index in [9.17, 15) is 8.78 Å². The molecule has 0 spiro atoms. The standard InChI is InChI=1S/C13H15F2NO/c1-3-6-12(16-4-2)10-7-5-8-11(9-10)17-13(14)15/h1,5,7-9,12-13,16H,4,6H2,2H3. The molecule has 2 nitrogen and oxygen atoms in total. The van der Waals surface area contributed by atoms with Crippen LogP contribution in [0.15, 0.2) is 24.3 Å². The molecule has 0 aliphatic rings. The first-order valence-electron chi connectivity index (χ1n) is 5.39. The van der Waals surface area contributed by atoms with Gasteiger partial charge in [-0.2, -0.15) is 8.78 Å². The molecule has 0 aliphatic carbocycles. The van der Waals surface area contributed by atoms with Gasteiger partial charge in [0.1, 0.15) is 5.75 Å². The van der Waals surface area contributed by atoms with E-state index < -0.39 is 6.61 Å². The third-order valence-electron chi connectivity index (χ3n) is 2.26. The average molecular weight is 239 g/mol. The summed E-state index contributed by atoms with van der Waals surface area (Å²) in [4.78, 5) is 0. The van der Waals surface area contributed by atoms with Crippen LogP contribution in [0.3, 0.4) is 0 Å². The first-order valence-corrected chi connectivity index (χ1v) is 5.39. The van der Waals surface area contributed by atoms with Crippen molar-refractivity contribution in [2.24, 2.45) is 0 Å². The quantitative estimate of drug-likeness (QED) is 0.771. The van der Waals surface area contributed by atoms with E-state index in [1.165, 1.54) is 6.07 Å². The van der Waals surface area contributed by atoms with Crippen LogP contribution >= 0.6 is 0 Å². The van der Waals surface area contributed by atoms with Gasteiger partial charge in [0, 0.05) is 12.5 Å². The lowest BCUT2D eigenvalue weighted by Gasteiger charge is -2.16. The molecule has 0 saturated heterocycles. The Bertz CT molecular complexity index is 387. The minimum atomic E-state index is -2.81. The van der Waals surface area contributed by atoms with Crippen molar-refractivity contribution in [1.29, 1.82) is 0 Å². The summed E-state index contributed by atoms with van der Waals surface area (Å²) < 4.78 is 28.5. The lowest BCUT2D eigenvalue weighted by molar-refractivity contribution is -0.0499. The number of benzene rings is 1. The van der Waals surface area contributed by atoms with Crippen molar-refractivity contribution in [3.63, 3.8) is 0 Å². The summed E-state index contributed by atoms with van der Waals surface area (Å²) >= 11 is 0. The second-order valence-corrected chi connectivity index (χ2v) is 3.47. The zero-order chi connectivity index (χ0) is 12.7. The Balaban J connectivity index is 2.84. The lowest BCUT2D eigenvalue weighted by atomic mass is 10.0. The third-order valence-corrected chi connectivity index (χ3v) is 2.26. The van der Waals surface area contributed by atoms with Crippen LogP contribution < -0.4 is 10.1 Å². The van der Waals surface area contributed by atoms with Crippen molar-refractivity contribution in [3.8, 4) is 18.1 Å². The van der Waals surface area contributed by atoms with Gasteiger partial charge in [-0.3, -0.25) is 0 Å². The summed E-state index contributed by atoms with van der Waals surface area (Å²) in [6.07, 6.45) is 5.78. The number of alkyl halides is 2. The summed E-state index contributed by atoms with van der Waals surface area (Å²) in [5, 5.41) is 3.19. The van der Waals surface area contributed by atoms with E-state index in [1.54, 1.807) is 12.1 Å². The zero-order valence-electron chi connectivity index (χ0n) is 9.62. The van der Waals surface area contributed by atoms with Gasteiger partial charge in [0.15, 0.2) is 0 Å². The maximum atomic E-state index is 12.1. The average Bonchev–Trinajstić information content (AvgIpc) is 2.28. The molecule has 1 atom stereocenters. The largest absolute Gasteiger partial charge is 0.435 e. The SMILES string of the molecule is C#CCC(NCC)c1cccc(OC(F)F)c1. The second-order valence-electron chi connectivity index (χ2n) is 3.47. The first-order chi connectivity index (χ1) is 8.17. The monoisotopic (exact) mass is 239 g/mol. The molecule has 1 rings (SSSR count). The molecular formula is C13H15F2NO. The van der Waals surface area contributed by atoms with Crippen LogP contribution in [0.5, 0.6) is 5.75 Å². The third kappa shape index (κ3) is 4.41. The molecule has 0 aliphatic heterocycles. The normalized spacial score (nSPS) is 12.2. The van der Waals surface area contributed by atoms with Gasteiger partial charge in [-0.15, -0.1) is 12.3 Å². The summed E-state index contributed by atoms with van der Waals surface area (Å²) in [5.74, 6) is 2.71. The highest BCUT2D eigenvalue weighted by Gasteiger charge is 2.11. The fraction of sp³-hybridized carbons (Fsp3) is 0.385. The molecule has 1 aromatic rings. The Morgan fingerprint density at radius 3 is 2.82 bits per heavy atom. The molecule has 0 saturated carbocycles. The van der Waals surface area contributed by atoms with Crippen molar-refractivity contribution in [3.05, 3.63) is 29.8 Å². The Hall–Kier alpha value is -1.60. The van der Waals surface area contributed by atoms with Crippen molar-refractivity contribution in [2.75, 3.05) is 6.54 Å². The zero-order valence-corrected chi connectivity index (χ0v) is 9.62. The van der Waals surface area contributed by atoms with Crippen LogP contribution in [-0.4, -0.2) is 13.2 Å². The predicted octanol–water partition coefficient (Wildman–Crippen LogP) is 2.96. The van der Waals surface area contributed by atoms with Crippen LogP contribution in [-0.2, 0) is 0 Å². The Kier molecular flexibility index (Phi) is 5.44. The van der Waals surface area contributed by atoms with E-state index in [0.717, 1.165) is 12.1 Å². The Labute approximate surface area is 100.0 Å². The predicted molar refractivity (Wildman–Crippen MR) is 62.9 cm³/mol.